The Bertz CT molecular complexity index is 536. The second-order valence-electron chi connectivity index (χ2n) is 4.61. The van der Waals surface area contributed by atoms with Gasteiger partial charge in [0.1, 0.15) is 5.69 Å². The SMILES string of the molecule is O=C(O)CN1CCCN(C(=O)c2c[nH]c(=O)cn2)CC1. The molecular weight excluding hydrogens is 264 g/mol. The highest BCUT2D eigenvalue weighted by atomic mass is 16.4. The van der Waals surface area contributed by atoms with Crippen LogP contribution in [0.25, 0.3) is 0 Å². The van der Waals surface area contributed by atoms with Crippen LogP contribution in [0.1, 0.15) is 16.9 Å². The number of hydrogen-bond acceptors (Lipinski definition) is 5. The fourth-order valence-electron chi connectivity index (χ4n) is 2.14. The maximum absolute atomic E-state index is 12.2. The Balaban J connectivity index is 1.99. The number of H-pyrrole nitrogens is 1. The molecule has 20 heavy (non-hydrogen) atoms. The van der Waals surface area contributed by atoms with E-state index in [2.05, 4.69) is 9.97 Å². The van der Waals surface area contributed by atoms with E-state index in [0.29, 0.717) is 32.6 Å². The Labute approximate surface area is 115 Å². The van der Waals surface area contributed by atoms with Crippen molar-refractivity contribution in [3.05, 3.63) is 28.4 Å². The average Bonchev–Trinajstić information content (AvgIpc) is 2.64. The summed E-state index contributed by atoms with van der Waals surface area (Å²) in [5.74, 6) is -1.12. The van der Waals surface area contributed by atoms with Crippen molar-refractivity contribution in [2.75, 3.05) is 32.7 Å². The predicted molar refractivity (Wildman–Crippen MR) is 69.5 cm³/mol. The van der Waals surface area contributed by atoms with Gasteiger partial charge in [-0.1, -0.05) is 0 Å². The molecule has 2 heterocycles. The standard InChI is InChI=1S/C12H16N4O4/c17-10-7-13-9(6-14-10)12(20)16-3-1-2-15(4-5-16)8-11(18)19/h6-7H,1-5,8H2,(H,14,17)(H,18,19). The lowest BCUT2D eigenvalue weighted by molar-refractivity contribution is -0.138. The molecule has 1 aliphatic rings. The topological polar surface area (TPSA) is 107 Å². The minimum absolute atomic E-state index is 0.0149. The van der Waals surface area contributed by atoms with Crippen molar-refractivity contribution in [3.63, 3.8) is 0 Å². The molecule has 0 aliphatic carbocycles. The van der Waals surface area contributed by atoms with Gasteiger partial charge in [-0.05, 0) is 6.42 Å². The molecule has 0 bridgehead atoms. The Hall–Kier alpha value is -2.22. The lowest BCUT2D eigenvalue weighted by Gasteiger charge is -2.20. The molecule has 0 aromatic carbocycles. The van der Waals surface area contributed by atoms with Crippen LogP contribution >= 0.6 is 0 Å². The van der Waals surface area contributed by atoms with Gasteiger partial charge >= 0.3 is 5.97 Å². The molecule has 0 atom stereocenters. The second kappa shape index (κ2) is 6.29. The summed E-state index contributed by atoms with van der Waals surface area (Å²) in [7, 11) is 0. The highest BCUT2D eigenvalue weighted by Gasteiger charge is 2.22. The number of rotatable bonds is 3. The number of carboxylic acid groups (broad SMARTS) is 1. The summed E-state index contributed by atoms with van der Waals surface area (Å²) in [6.07, 6.45) is 3.08. The monoisotopic (exact) mass is 280 g/mol. The van der Waals surface area contributed by atoms with Crippen molar-refractivity contribution in [1.29, 1.82) is 0 Å². The van der Waals surface area contributed by atoms with Gasteiger partial charge in [0.15, 0.2) is 0 Å². The first-order chi connectivity index (χ1) is 9.56. The van der Waals surface area contributed by atoms with Crippen LogP contribution in [0.2, 0.25) is 0 Å². The van der Waals surface area contributed by atoms with E-state index in [1.54, 1.807) is 9.80 Å². The van der Waals surface area contributed by atoms with E-state index < -0.39 is 5.97 Å². The fraction of sp³-hybridized carbons (Fsp3) is 0.500. The molecule has 1 amide bonds. The molecule has 0 radical (unpaired) electrons. The first-order valence-corrected chi connectivity index (χ1v) is 6.34. The summed E-state index contributed by atoms with van der Waals surface area (Å²) in [6.45, 7) is 2.15. The summed E-state index contributed by atoms with van der Waals surface area (Å²) >= 11 is 0. The number of carbonyl (C=O) groups is 2. The number of aromatic amines is 1. The van der Waals surface area contributed by atoms with Gasteiger partial charge in [0.25, 0.3) is 11.5 Å². The van der Waals surface area contributed by atoms with Crippen LogP contribution in [0.5, 0.6) is 0 Å². The van der Waals surface area contributed by atoms with Gasteiger partial charge in [-0.25, -0.2) is 4.98 Å². The smallest absolute Gasteiger partial charge is 0.317 e. The van der Waals surface area contributed by atoms with Crippen LogP contribution in [-0.2, 0) is 4.79 Å². The van der Waals surface area contributed by atoms with Gasteiger partial charge < -0.3 is 15.0 Å². The zero-order valence-corrected chi connectivity index (χ0v) is 10.9. The molecule has 0 unspecified atom stereocenters. The van der Waals surface area contributed by atoms with Gasteiger partial charge in [0, 0.05) is 32.4 Å². The number of carbonyl (C=O) groups excluding carboxylic acids is 1. The number of aromatic nitrogens is 2. The molecule has 8 heteroatoms. The summed E-state index contributed by atoms with van der Waals surface area (Å²) in [5, 5.41) is 8.77. The van der Waals surface area contributed by atoms with Gasteiger partial charge in [-0.3, -0.25) is 19.3 Å². The summed E-state index contributed by atoms with van der Waals surface area (Å²) in [6, 6.07) is 0. The van der Waals surface area contributed by atoms with Crippen molar-refractivity contribution < 1.29 is 14.7 Å². The van der Waals surface area contributed by atoms with Crippen molar-refractivity contribution >= 4 is 11.9 Å². The van der Waals surface area contributed by atoms with Gasteiger partial charge in [0.2, 0.25) is 0 Å². The third-order valence-corrected chi connectivity index (χ3v) is 3.13. The number of carboxylic acids is 1. The molecule has 0 saturated carbocycles. The highest BCUT2D eigenvalue weighted by Crippen LogP contribution is 2.06. The molecule has 1 aliphatic heterocycles. The van der Waals surface area contributed by atoms with Crippen LogP contribution in [0.3, 0.4) is 0 Å². The predicted octanol–water partition coefficient (Wildman–Crippen LogP) is -0.998. The Morgan fingerprint density at radius 3 is 2.75 bits per heavy atom. The van der Waals surface area contributed by atoms with Crippen molar-refractivity contribution in [2.45, 2.75) is 6.42 Å². The van der Waals surface area contributed by atoms with Crippen molar-refractivity contribution in [3.8, 4) is 0 Å². The van der Waals surface area contributed by atoms with E-state index in [9.17, 15) is 14.4 Å². The number of nitrogens with zero attached hydrogens (tertiary/aromatic N) is 3. The maximum atomic E-state index is 12.2. The summed E-state index contributed by atoms with van der Waals surface area (Å²) in [4.78, 5) is 43.5. The quantitative estimate of drug-likeness (QED) is 0.735. The third-order valence-electron chi connectivity index (χ3n) is 3.13. The fourth-order valence-corrected chi connectivity index (χ4v) is 2.14. The lowest BCUT2D eigenvalue weighted by Crippen LogP contribution is -2.37. The molecule has 1 aromatic heterocycles. The maximum Gasteiger partial charge on any atom is 0.317 e. The van der Waals surface area contributed by atoms with Gasteiger partial charge in [0.05, 0.1) is 12.7 Å². The molecule has 1 aromatic rings. The van der Waals surface area contributed by atoms with Gasteiger partial charge in [-0.15, -0.1) is 0 Å². The second-order valence-corrected chi connectivity index (χ2v) is 4.61. The summed E-state index contributed by atoms with van der Waals surface area (Å²) < 4.78 is 0. The van der Waals surface area contributed by atoms with Crippen LogP contribution in [0.4, 0.5) is 0 Å². The van der Waals surface area contributed by atoms with Gasteiger partial charge in [-0.2, -0.15) is 0 Å². The lowest BCUT2D eigenvalue weighted by atomic mass is 10.3. The number of nitrogens with one attached hydrogen (secondary N) is 1. The highest BCUT2D eigenvalue weighted by molar-refractivity contribution is 5.91. The normalized spacial score (nSPS) is 16.7. The zero-order valence-electron chi connectivity index (χ0n) is 10.9. The van der Waals surface area contributed by atoms with Crippen molar-refractivity contribution in [1.82, 2.24) is 19.8 Å². The Kier molecular flexibility index (Phi) is 4.46. The summed E-state index contributed by atoms with van der Waals surface area (Å²) in [5.41, 5.74) is -0.165. The van der Waals surface area contributed by atoms with Crippen LogP contribution in [0, 0.1) is 0 Å². The number of aliphatic carboxylic acids is 1. The van der Waals surface area contributed by atoms with E-state index >= 15 is 0 Å². The van der Waals surface area contributed by atoms with E-state index in [0.717, 1.165) is 6.20 Å². The third kappa shape index (κ3) is 3.64. The van der Waals surface area contributed by atoms with E-state index in [-0.39, 0.29) is 23.7 Å². The van der Waals surface area contributed by atoms with Crippen LogP contribution in [0.15, 0.2) is 17.2 Å². The minimum Gasteiger partial charge on any atom is -0.480 e. The molecule has 1 fully saturated rings. The van der Waals surface area contributed by atoms with Crippen LogP contribution in [-0.4, -0.2) is 69.5 Å². The number of hydrogen-bond donors (Lipinski definition) is 2. The molecule has 2 rings (SSSR count). The number of amides is 1. The molecule has 0 spiro atoms. The first kappa shape index (κ1) is 14.2. The van der Waals surface area contributed by atoms with Crippen molar-refractivity contribution in [2.24, 2.45) is 0 Å². The Morgan fingerprint density at radius 2 is 2.10 bits per heavy atom. The minimum atomic E-state index is -0.868. The molecule has 2 N–H and O–H groups in total. The van der Waals surface area contributed by atoms with E-state index in [1.165, 1.54) is 6.20 Å². The van der Waals surface area contributed by atoms with Crippen LogP contribution < -0.4 is 5.56 Å². The molecule has 8 nitrogen and oxygen atoms in total. The Morgan fingerprint density at radius 1 is 1.30 bits per heavy atom. The molecule has 108 valence electrons. The average molecular weight is 280 g/mol. The first-order valence-electron chi connectivity index (χ1n) is 6.34. The molecular formula is C12H16N4O4. The van der Waals surface area contributed by atoms with E-state index in [1.807, 2.05) is 0 Å². The largest absolute Gasteiger partial charge is 0.480 e. The zero-order chi connectivity index (χ0) is 14.5. The molecule has 1 saturated heterocycles. The van der Waals surface area contributed by atoms with E-state index in [4.69, 9.17) is 5.11 Å².